The Morgan fingerprint density at radius 3 is 2.53 bits per heavy atom. The van der Waals surface area contributed by atoms with Crippen LogP contribution in [0.25, 0.3) is 0 Å². The van der Waals surface area contributed by atoms with Crippen molar-refractivity contribution in [2.45, 2.75) is 32.2 Å². The van der Waals surface area contributed by atoms with Crippen LogP contribution in [0, 0.1) is 12.8 Å². The van der Waals surface area contributed by atoms with E-state index in [2.05, 4.69) is 0 Å². The van der Waals surface area contributed by atoms with E-state index in [-0.39, 0.29) is 30.2 Å². The van der Waals surface area contributed by atoms with Crippen molar-refractivity contribution in [3.8, 4) is 11.5 Å². The maximum Gasteiger partial charge on any atom is 0.228 e. The fraction of sp³-hybridized carbons (Fsp3) is 0.417. The second-order valence-electron chi connectivity index (χ2n) is 8.04. The minimum absolute atomic E-state index is 0.00924. The SMILES string of the molecule is COc1ccc(C2CCCN2C(=O)C2CC(=O)N(c3ccc(C)cc3)C2)c(OC)c1. The van der Waals surface area contributed by atoms with Crippen LogP contribution in [0.4, 0.5) is 5.69 Å². The Morgan fingerprint density at radius 1 is 1.07 bits per heavy atom. The second kappa shape index (κ2) is 8.38. The highest BCUT2D eigenvalue weighted by Crippen LogP contribution is 2.40. The van der Waals surface area contributed by atoms with Crippen molar-refractivity contribution in [3.05, 3.63) is 53.6 Å². The van der Waals surface area contributed by atoms with E-state index < -0.39 is 0 Å². The van der Waals surface area contributed by atoms with Crippen LogP contribution in [0.2, 0.25) is 0 Å². The smallest absolute Gasteiger partial charge is 0.228 e. The molecule has 2 heterocycles. The molecule has 2 atom stereocenters. The van der Waals surface area contributed by atoms with Gasteiger partial charge in [-0.1, -0.05) is 17.7 Å². The molecule has 0 N–H and O–H groups in total. The van der Waals surface area contributed by atoms with Gasteiger partial charge >= 0.3 is 0 Å². The summed E-state index contributed by atoms with van der Waals surface area (Å²) in [6, 6.07) is 13.6. The first-order chi connectivity index (χ1) is 14.5. The summed E-state index contributed by atoms with van der Waals surface area (Å²) in [5, 5.41) is 0. The third-order valence-corrected chi connectivity index (χ3v) is 6.16. The van der Waals surface area contributed by atoms with Gasteiger partial charge in [0, 0.05) is 36.8 Å². The minimum Gasteiger partial charge on any atom is -0.497 e. The van der Waals surface area contributed by atoms with Crippen LogP contribution in [0.3, 0.4) is 0 Å². The third-order valence-electron chi connectivity index (χ3n) is 6.16. The molecule has 0 saturated carbocycles. The lowest BCUT2D eigenvalue weighted by Crippen LogP contribution is -2.37. The molecule has 2 unspecified atom stereocenters. The van der Waals surface area contributed by atoms with Crippen LogP contribution in [-0.4, -0.2) is 44.0 Å². The summed E-state index contributed by atoms with van der Waals surface area (Å²) in [7, 11) is 3.26. The van der Waals surface area contributed by atoms with Gasteiger partial charge in [0.05, 0.1) is 26.2 Å². The summed E-state index contributed by atoms with van der Waals surface area (Å²) in [5.41, 5.74) is 2.99. The lowest BCUT2D eigenvalue weighted by molar-refractivity contribution is -0.136. The van der Waals surface area contributed by atoms with Gasteiger partial charge in [-0.05, 0) is 44.0 Å². The Morgan fingerprint density at radius 2 is 1.83 bits per heavy atom. The van der Waals surface area contributed by atoms with Crippen molar-refractivity contribution in [1.82, 2.24) is 4.90 Å². The lowest BCUT2D eigenvalue weighted by atomic mass is 10.0. The van der Waals surface area contributed by atoms with E-state index in [9.17, 15) is 9.59 Å². The maximum absolute atomic E-state index is 13.4. The average molecular weight is 408 g/mol. The Bertz CT molecular complexity index is 941. The number of amides is 2. The van der Waals surface area contributed by atoms with Gasteiger partial charge in [0.2, 0.25) is 11.8 Å². The Balaban J connectivity index is 1.53. The van der Waals surface area contributed by atoms with E-state index in [1.807, 2.05) is 54.3 Å². The van der Waals surface area contributed by atoms with Crippen molar-refractivity contribution < 1.29 is 19.1 Å². The van der Waals surface area contributed by atoms with Crippen LogP contribution < -0.4 is 14.4 Å². The van der Waals surface area contributed by atoms with E-state index in [0.717, 1.165) is 41.2 Å². The Labute approximate surface area is 177 Å². The molecule has 6 heteroatoms. The maximum atomic E-state index is 13.4. The van der Waals surface area contributed by atoms with Crippen LogP contribution in [0.1, 0.15) is 36.4 Å². The molecule has 2 aromatic rings. The fourth-order valence-corrected chi connectivity index (χ4v) is 4.53. The predicted molar refractivity (Wildman–Crippen MR) is 115 cm³/mol. The number of carbonyl (C=O) groups excluding carboxylic acids is 2. The molecule has 2 aromatic carbocycles. The van der Waals surface area contributed by atoms with E-state index >= 15 is 0 Å². The number of nitrogens with zero attached hydrogens (tertiary/aromatic N) is 2. The molecule has 6 nitrogen and oxygen atoms in total. The molecule has 4 rings (SSSR count). The zero-order valence-corrected chi connectivity index (χ0v) is 17.8. The van der Waals surface area contributed by atoms with Gasteiger partial charge in [-0.2, -0.15) is 0 Å². The number of carbonyl (C=O) groups is 2. The van der Waals surface area contributed by atoms with Gasteiger partial charge in [0.1, 0.15) is 11.5 Å². The van der Waals surface area contributed by atoms with E-state index in [1.165, 1.54) is 0 Å². The molecule has 0 aliphatic carbocycles. The van der Waals surface area contributed by atoms with Crippen molar-refractivity contribution in [1.29, 1.82) is 0 Å². The molecule has 158 valence electrons. The molecule has 0 spiro atoms. The van der Waals surface area contributed by atoms with Gasteiger partial charge in [-0.25, -0.2) is 0 Å². The van der Waals surface area contributed by atoms with Gasteiger partial charge in [-0.15, -0.1) is 0 Å². The summed E-state index contributed by atoms with van der Waals surface area (Å²) in [6.07, 6.45) is 2.08. The number of methoxy groups -OCH3 is 2. The molecular formula is C24H28N2O4. The Kier molecular flexibility index (Phi) is 5.66. The highest BCUT2D eigenvalue weighted by atomic mass is 16.5. The van der Waals surface area contributed by atoms with Crippen molar-refractivity contribution in [2.24, 2.45) is 5.92 Å². The Hall–Kier alpha value is -3.02. The lowest BCUT2D eigenvalue weighted by Gasteiger charge is -2.28. The zero-order chi connectivity index (χ0) is 21.3. The standard InChI is InChI=1S/C24H28N2O4/c1-16-6-8-18(9-7-16)26-15-17(13-23(26)27)24(28)25-12-4-5-21(25)20-11-10-19(29-2)14-22(20)30-3/h6-11,14,17,21H,4-5,12-13,15H2,1-3H3. The molecule has 2 saturated heterocycles. The fourth-order valence-electron chi connectivity index (χ4n) is 4.53. The summed E-state index contributed by atoms with van der Waals surface area (Å²) in [5.74, 6) is 1.20. The number of ether oxygens (including phenoxy) is 2. The first kappa shape index (κ1) is 20.3. The van der Waals surface area contributed by atoms with Crippen molar-refractivity contribution >= 4 is 17.5 Å². The normalized spacial score (nSPS) is 21.2. The number of aryl methyl sites for hydroxylation is 1. The molecule has 0 radical (unpaired) electrons. The van der Waals surface area contributed by atoms with Gasteiger partial charge < -0.3 is 19.3 Å². The molecule has 2 aliphatic rings. The third kappa shape index (κ3) is 3.74. The first-order valence-corrected chi connectivity index (χ1v) is 10.4. The molecule has 30 heavy (non-hydrogen) atoms. The zero-order valence-electron chi connectivity index (χ0n) is 17.8. The molecule has 0 aromatic heterocycles. The quantitative estimate of drug-likeness (QED) is 0.756. The summed E-state index contributed by atoms with van der Waals surface area (Å²) in [4.78, 5) is 29.7. The summed E-state index contributed by atoms with van der Waals surface area (Å²) >= 11 is 0. The van der Waals surface area contributed by atoms with E-state index in [4.69, 9.17) is 9.47 Å². The van der Waals surface area contributed by atoms with Crippen molar-refractivity contribution in [2.75, 3.05) is 32.2 Å². The highest BCUT2D eigenvalue weighted by Gasteiger charge is 2.41. The number of hydrogen-bond acceptors (Lipinski definition) is 4. The summed E-state index contributed by atoms with van der Waals surface area (Å²) in [6.45, 7) is 3.15. The predicted octanol–water partition coefficient (Wildman–Crippen LogP) is 3.73. The van der Waals surface area contributed by atoms with E-state index in [0.29, 0.717) is 13.1 Å². The number of likely N-dealkylation sites (tertiary alicyclic amines) is 1. The highest BCUT2D eigenvalue weighted by molar-refractivity contribution is 6.00. The number of anilines is 1. The monoisotopic (exact) mass is 408 g/mol. The molecule has 0 bridgehead atoms. The molecule has 2 aliphatic heterocycles. The average Bonchev–Trinajstić information content (AvgIpc) is 3.40. The van der Waals surface area contributed by atoms with Crippen LogP contribution >= 0.6 is 0 Å². The first-order valence-electron chi connectivity index (χ1n) is 10.4. The topological polar surface area (TPSA) is 59.1 Å². The van der Waals surface area contributed by atoms with Crippen LogP contribution in [0.15, 0.2) is 42.5 Å². The van der Waals surface area contributed by atoms with Crippen LogP contribution in [-0.2, 0) is 9.59 Å². The minimum atomic E-state index is -0.316. The van der Waals surface area contributed by atoms with Gasteiger partial charge in [0.25, 0.3) is 0 Å². The number of hydrogen-bond donors (Lipinski definition) is 0. The number of benzene rings is 2. The van der Waals surface area contributed by atoms with Gasteiger partial charge in [-0.3, -0.25) is 9.59 Å². The molecule has 2 fully saturated rings. The second-order valence-corrected chi connectivity index (χ2v) is 8.04. The largest absolute Gasteiger partial charge is 0.497 e. The molecular weight excluding hydrogens is 380 g/mol. The van der Waals surface area contributed by atoms with Crippen LogP contribution in [0.5, 0.6) is 11.5 Å². The summed E-state index contributed by atoms with van der Waals surface area (Å²) < 4.78 is 10.9. The molecule has 2 amide bonds. The number of rotatable bonds is 5. The van der Waals surface area contributed by atoms with Crippen molar-refractivity contribution in [3.63, 3.8) is 0 Å². The van der Waals surface area contributed by atoms with Gasteiger partial charge in [0.15, 0.2) is 0 Å². The van der Waals surface area contributed by atoms with E-state index in [1.54, 1.807) is 19.1 Å².